The molecule has 6 nitrogen and oxygen atoms in total. The summed E-state index contributed by atoms with van der Waals surface area (Å²) < 4.78 is 18.5. The summed E-state index contributed by atoms with van der Waals surface area (Å²) in [5.41, 5.74) is 0.931. The van der Waals surface area contributed by atoms with Crippen LogP contribution in [0.25, 0.3) is 0 Å². The summed E-state index contributed by atoms with van der Waals surface area (Å²) in [5, 5.41) is 12.3. The van der Waals surface area contributed by atoms with Gasteiger partial charge in [-0.3, -0.25) is 4.79 Å². The molecule has 2 aromatic rings. The highest BCUT2D eigenvalue weighted by Crippen LogP contribution is 2.24. The monoisotopic (exact) mass is 352 g/mol. The Labute approximate surface area is 142 Å². The van der Waals surface area contributed by atoms with E-state index in [1.165, 1.54) is 19.2 Å². The molecule has 1 unspecified atom stereocenters. The van der Waals surface area contributed by atoms with Crippen molar-refractivity contribution in [2.24, 2.45) is 0 Å². The van der Waals surface area contributed by atoms with E-state index < -0.39 is 17.8 Å². The van der Waals surface area contributed by atoms with Gasteiger partial charge in [0.25, 0.3) is 0 Å². The highest BCUT2D eigenvalue weighted by molar-refractivity contribution is 7.13. The van der Waals surface area contributed by atoms with Gasteiger partial charge in [-0.15, -0.1) is 11.3 Å². The van der Waals surface area contributed by atoms with Crippen molar-refractivity contribution in [1.29, 1.82) is 0 Å². The fraction of sp³-hybridized carbons (Fsp3) is 0.312. The molecule has 8 heteroatoms. The second-order valence-corrected chi connectivity index (χ2v) is 6.24. The third-order valence-corrected chi connectivity index (χ3v) is 4.66. The third-order valence-electron chi connectivity index (χ3n) is 3.34. The summed E-state index contributed by atoms with van der Waals surface area (Å²) in [5.74, 6) is -1.76. The molecule has 2 rings (SSSR count). The van der Waals surface area contributed by atoms with E-state index in [9.17, 15) is 14.0 Å². The highest BCUT2D eigenvalue weighted by Gasteiger charge is 2.19. The number of ether oxygens (including phenoxy) is 1. The van der Waals surface area contributed by atoms with Gasteiger partial charge in [0.1, 0.15) is 9.88 Å². The summed E-state index contributed by atoms with van der Waals surface area (Å²) in [4.78, 5) is 27.5. The van der Waals surface area contributed by atoms with E-state index in [0.29, 0.717) is 16.3 Å². The molecular weight excluding hydrogens is 335 g/mol. The summed E-state index contributed by atoms with van der Waals surface area (Å²) in [6.45, 7) is 3.33. The number of nitrogens with zero attached hydrogens (tertiary/aromatic N) is 1. The molecule has 0 aliphatic carbocycles. The van der Waals surface area contributed by atoms with Crippen LogP contribution in [0, 0.1) is 12.7 Å². The van der Waals surface area contributed by atoms with Gasteiger partial charge in [0.2, 0.25) is 5.91 Å². The molecule has 2 N–H and O–H groups in total. The molecule has 128 valence electrons. The lowest BCUT2D eigenvalue weighted by Crippen LogP contribution is -2.28. The van der Waals surface area contributed by atoms with E-state index in [-0.39, 0.29) is 23.0 Å². The van der Waals surface area contributed by atoms with Gasteiger partial charge >= 0.3 is 5.97 Å². The molecule has 0 radical (unpaired) electrons. The number of halogens is 1. The number of rotatable bonds is 6. The van der Waals surface area contributed by atoms with Gasteiger partial charge in [-0.2, -0.15) is 0 Å². The Bertz CT molecular complexity index is 775. The molecule has 1 amide bonds. The average Bonchev–Trinajstić information content (AvgIpc) is 2.89. The second-order valence-electron chi connectivity index (χ2n) is 5.21. The fourth-order valence-corrected chi connectivity index (χ4v) is 3.07. The van der Waals surface area contributed by atoms with Gasteiger partial charge < -0.3 is 15.2 Å². The van der Waals surface area contributed by atoms with E-state index in [2.05, 4.69) is 10.3 Å². The number of carboxylic acid groups (broad SMARTS) is 1. The summed E-state index contributed by atoms with van der Waals surface area (Å²) >= 11 is 1.03. The predicted octanol–water partition coefficient (Wildman–Crippen LogP) is 2.72. The van der Waals surface area contributed by atoms with Gasteiger partial charge in [-0.25, -0.2) is 14.2 Å². The van der Waals surface area contributed by atoms with Crippen LogP contribution in [0.5, 0.6) is 5.75 Å². The van der Waals surface area contributed by atoms with Gasteiger partial charge in [0, 0.05) is 0 Å². The topological polar surface area (TPSA) is 88.5 Å². The highest BCUT2D eigenvalue weighted by atomic mass is 32.1. The molecule has 0 fully saturated rings. The van der Waals surface area contributed by atoms with Crippen LogP contribution in [-0.2, 0) is 11.2 Å². The zero-order valence-corrected chi connectivity index (χ0v) is 14.2. The molecule has 1 aromatic heterocycles. The first-order chi connectivity index (χ1) is 11.3. The van der Waals surface area contributed by atoms with E-state index >= 15 is 0 Å². The molecule has 24 heavy (non-hydrogen) atoms. The number of aryl methyl sites for hydroxylation is 1. The lowest BCUT2D eigenvalue weighted by Gasteiger charge is -2.11. The van der Waals surface area contributed by atoms with Crippen LogP contribution in [0.4, 0.5) is 4.39 Å². The van der Waals surface area contributed by atoms with Crippen molar-refractivity contribution in [3.63, 3.8) is 0 Å². The molecule has 1 heterocycles. The van der Waals surface area contributed by atoms with Crippen molar-refractivity contribution in [3.8, 4) is 5.75 Å². The van der Waals surface area contributed by atoms with Crippen LogP contribution in [0.1, 0.15) is 38.9 Å². The van der Waals surface area contributed by atoms with E-state index in [4.69, 9.17) is 9.84 Å². The van der Waals surface area contributed by atoms with Crippen molar-refractivity contribution in [2.45, 2.75) is 26.3 Å². The second kappa shape index (κ2) is 7.39. The summed E-state index contributed by atoms with van der Waals surface area (Å²) in [6.07, 6.45) is 0.00139. The minimum Gasteiger partial charge on any atom is -0.494 e. The SMILES string of the molecule is COc1ccc(CC(=O)NC(C)c2nc(C)c(C(=O)O)s2)cc1F. The van der Waals surface area contributed by atoms with Crippen LogP contribution >= 0.6 is 11.3 Å². The Morgan fingerprint density at radius 3 is 2.71 bits per heavy atom. The first-order valence-corrected chi connectivity index (χ1v) is 7.96. The average molecular weight is 352 g/mol. The lowest BCUT2D eigenvalue weighted by atomic mass is 10.1. The van der Waals surface area contributed by atoms with E-state index in [1.807, 2.05) is 0 Å². The number of carbonyl (C=O) groups is 2. The number of benzene rings is 1. The van der Waals surface area contributed by atoms with Gasteiger partial charge in [0.05, 0.1) is 25.3 Å². The molecule has 0 spiro atoms. The lowest BCUT2D eigenvalue weighted by molar-refractivity contribution is -0.121. The number of hydrogen-bond acceptors (Lipinski definition) is 5. The minimum absolute atomic E-state index is 0.00139. The molecule has 1 atom stereocenters. The van der Waals surface area contributed by atoms with Crippen LogP contribution in [-0.4, -0.2) is 29.1 Å². The Balaban J connectivity index is 2.02. The van der Waals surface area contributed by atoms with Crippen molar-refractivity contribution >= 4 is 23.2 Å². The zero-order chi connectivity index (χ0) is 17.9. The molecule has 0 aliphatic heterocycles. The first kappa shape index (κ1) is 17.9. The first-order valence-electron chi connectivity index (χ1n) is 7.14. The smallest absolute Gasteiger partial charge is 0.347 e. The van der Waals surface area contributed by atoms with Crippen molar-refractivity contribution in [3.05, 3.63) is 45.2 Å². The number of methoxy groups -OCH3 is 1. The number of hydrogen-bond donors (Lipinski definition) is 2. The zero-order valence-electron chi connectivity index (χ0n) is 13.4. The number of thiazole rings is 1. The van der Waals surface area contributed by atoms with Crippen LogP contribution < -0.4 is 10.1 Å². The predicted molar refractivity (Wildman–Crippen MR) is 87.0 cm³/mol. The number of aromatic nitrogens is 1. The third kappa shape index (κ3) is 4.08. The van der Waals surface area contributed by atoms with Gasteiger partial charge in [-0.1, -0.05) is 6.07 Å². The minimum atomic E-state index is -1.04. The quantitative estimate of drug-likeness (QED) is 0.834. The van der Waals surface area contributed by atoms with Gasteiger partial charge in [-0.05, 0) is 31.5 Å². The molecule has 0 saturated heterocycles. The van der Waals surface area contributed by atoms with Crippen LogP contribution in [0.15, 0.2) is 18.2 Å². The summed E-state index contributed by atoms with van der Waals surface area (Å²) in [6, 6.07) is 3.89. The van der Waals surface area contributed by atoms with Crippen molar-refractivity contribution < 1.29 is 23.8 Å². The number of carbonyl (C=O) groups excluding carboxylic acids is 1. The summed E-state index contributed by atoms with van der Waals surface area (Å²) in [7, 11) is 1.37. The maximum Gasteiger partial charge on any atom is 0.347 e. The Kier molecular flexibility index (Phi) is 5.50. The standard InChI is InChI=1S/C16H17FN2O4S/c1-8-14(16(21)22)24-15(19-8)9(2)18-13(20)7-10-4-5-12(23-3)11(17)6-10/h4-6,9H,7H2,1-3H3,(H,18,20)(H,21,22). The van der Waals surface area contributed by atoms with E-state index in [0.717, 1.165) is 11.3 Å². The van der Waals surface area contributed by atoms with Crippen LogP contribution in [0.2, 0.25) is 0 Å². The maximum absolute atomic E-state index is 13.6. The van der Waals surface area contributed by atoms with E-state index in [1.54, 1.807) is 19.9 Å². The molecule has 0 saturated carbocycles. The Hall–Kier alpha value is -2.48. The number of aromatic carboxylic acids is 1. The number of amides is 1. The number of carboxylic acids is 1. The van der Waals surface area contributed by atoms with Crippen LogP contribution in [0.3, 0.4) is 0 Å². The normalized spacial score (nSPS) is 11.8. The Morgan fingerprint density at radius 2 is 2.17 bits per heavy atom. The molecule has 1 aromatic carbocycles. The maximum atomic E-state index is 13.6. The van der Waals surface area contributed by atoms with Crippen molar-refractivity contribution in [1.82, 2.24) is 10.3 Å². The molecule has 0 bridgehead atoms. The van der Waals surface area contributed by atoms with Gasteiger partial charge in [0.15, 0.2) is 11.6 Å². The largest absolute Gasteiger partial charge is 0.494 e. The molecular formula is C16H17FN2O4S. The number of nitrogens with one attached hydrogen (secondary N) is 1. The fourth-order valence-electron chi connectivity index (χ4n) is 2.16. The molecule has 0 aliphatic rings. The Morgan fingerprint density at radius 1 is 1.46 bits per heavy atom. The van der Waals surface area contributed by atoms with Crippen molar-refractivity contribution in [2.75, 3.05) is 7.11 Å².